The second-order valence-corrected chi connectivity index (χ2v) is 6.29. The third-order valence-electron chi connectivity index (χ3n) is 3.95. The van der Waals surface area contributed by atoms with E-state index in [-0.39, 0.29) is 11.1 Å². The van der Waals surface area contributed by atoms with Gasteiger partial charge in [0, 0.05) is 13.1 Å². The van der Waals surface area contributed by atoms with Gasteiger partial charge in [0.15, 0.2) is 0 Å². The number of nitrogens with zero attached hydrogens (tertiary/aromatic N) is 2. The fourth-order valence-corrected chi connectivity index (χ4v) is 2.83. The predicted octanol–water partition coefficient (Wildman–Crippen LogP) is 2.48. The van der Waals surface area contributed by atoms with Gasteiger partial charge in [-0.1, -0.05) is 29.3 Å². The first kappa shape index (κ1) is 17.1. The highest BCUT2D eigenvalue weighted by Crippen LogP contribution is 2.29. The molecule has 1 aromatic rings. The topological polar surface area (TPSA) is 52.7 Å². The summed E-state index contributed by atoms with van der Waals surface area (Å²) in [5.74, 6) is -1.27. The molecule has 2 amide bonds. The van der Waals surface area contributed by atoms with E-state index in [0.29, 0.717) is 10.7 Å². The normalized spacial score (nSPS) is 16.4. The summed E-state index contributed by atoms with van der Waals surface area (Å²) in [6.07, 6.45) is 1.73. The maximum Gasteiger partial charge on any atom is 0.313 e. The van der Waals surface area contributed by atoms with Gasteiger partial charge >= 0.3 is 11.8 Å². The van der Waals surface area contributed by atoms with Crippen molar-refractivity contribution < 1.29 is 9.59 Å². The first-order chi connectivity index (χ1) is 10.4. The van der Waals surface area contributed by atoms with Gasteiger partial charge in [-0.2, -0.15) is 0 Å². The van der Waals surface area contributed by atoms with Gasteiger partial charge in [0.05, 0.1) is 15.7 Å². The zero-order valence-electron chi connectivity index (χ0n) is 12.6. The van der Waals surface area contributed by atoms with Crippen molar-refractivity contribution in [3.8, 4) is 0 Å². The van der Waals surface area contributed by atoms with Crippen molar-refractivity contribution in [1.82, 2.24) is 9.80 Å². The molecule has 0 aromatic heterocycles. The number of rotatable bonds is 2. The summed E-state index contributed by atoms with van der Waals surface area (Å²) in [5, 5.41) is 3.08. The first-order valence-corrected chi connectivity index (χ1v) is 7.86. The number of carbonyl (C=O) groups excluding carboxylic acids is 2. The van der Waals surface area contributed by atoms with Crippen LogP contribution in [0.2, 0.25) is 10.0 Å². The van der Waals surface area contributed by atoms with Gasteiger partial charge in [0.1, 0.15) is 0 Å². The summed E-state index contributed by atoms with van der Waals surface area (Å²) in [6, 6.07) is 4.97. The van der Waals surface area contributed by atoms with Crippen molar-refractivity contribution in [2.75, 3.05) is 32.5 Å². The van der Waals surface area contributed by atoms with Crippen molar-refractivity contribution in [3.63, 3.8) is 0 Å². The molecule has 0 radical (unpaired) electrons. The third-order valence-corrected chi connectivity index (χ3v) is 4.77. The van der Waals surface area contributed by atoms with Gasteiger partial charge in [0.25, 0.3) is 0 Å². The Labute approximate surface area is 140 Å². The van der Waals surface area contributed by atoms with Crippen LogP contribution in [0.3, 0.4) is 0 Å². The number of piperidine rings is 1. The summed E-state index contributed by atoms with van der Waals surface area (Å²) in [5.41, 5.74) is 0.337. The Balaban J connectivity index is 1.99. The average molecular weight is 344 g/mol. The third kappa shape index (κ3) is 3.91. The lowest BCUT2D eigenvalue weighted by molar-refractivity contribution is -0.144. The van der Waals surface area contributed by atoms with Crippen molar-refractivity contribution in [2.45, 2.75) is 18.9 Å². The molecule has 1 aliphatic heterocycles. The van der Waals surface area contributed by atoms with Crippen LogP contribution in [0.25, 0.3) is 0 Å². The Bertz CT molecular complexity index is 572. The van der Waals surface area contributed by atoms with Gasteiger partial charge < -0.3 is 15.1 Å². The Morgan fingerprint density at radius 2 is 1.91 bits per heavy atom. The molecule has 0 aliphatic carbocycles. The maximum absolute atomic E-state index is 12.2. The number of nitrogens with one attached hydrogen (secondary N) is 1. The molecular weight excluding hydrogens is 325 g/mol. The van der Waals surface area contributed by atoms with Crippen LogP contribution in [0.5, 0.6) is 0 Å². The van der Waals surface area contributed by atoms with Crippen LogP contribution in [0, 0.1) is 0 Å². The van der Waals surface area contributed by atoms with E-state index in [1.54, 1.807) is 25.2 Å². The zero-order valence-corrected chi connectivity index (χ0v) is 14.1. The summed E-state index contributed by atoms with van der Waals surface area (Å²) < 4.78 is 0. The van der Waals surface area contributed by atoms with Gasteiger partial charge in [-0.05, 0) is 45.1 Å². The molecule has 7 heteroatoms. The van der Waals surface area contributed by atoms with Crippen LogP contribution >= 0.6 is 23.2 Å². The summed E-state index contributed by atoms with van der Waals surface area (Å²) in [4.78, 5) is 28.1. The molecule has 1 aliphatic rings. The SMILES string of the molecule is CN1CCC(N(C)C(=O)C(=O)Nc2cccc(Cl)c2Cl)CC1. The lowest BCUT2D eigenvalue weighted by atomic mass is 10.0. The summed E-state index contributed by atoms with van der Waals surface area (Å²) in [7, 11) is 3.71. The van der Waals surface area contributed by atoms with Crippen molar-refractivity contribution in [3.05, 3.63) is 28.2 Å². The van der Waals surface area contributed by atoms with Crippen LogP contribution in [-0.4, -0.2) is 54.8 Å². The Hall–Kier alpha value is -1.30. The molecule has 1 heterocycles. The monoisotopic (exact) mass is 343 g/mol. The highest BCUT2D eigenvalue weighted by Gasteiger charge is 2.28. The first-order valence-electron chi connectivity index (χ1n) is 7.11. The van der Waals surface area contributed by atoms with E-state index in [1.165, 1.54) is 4.90 Å². The van der Waals surface area contributed by atoms with Crippen LogP contribution in [0.15, 0.2) is 18.2 Å². The second kappa shape index (κ2) is 7.31. The van der Waals surface area contributed by atoms with Crippen LogP contribution in [-0.2, 0) is 9.59 Å². The predicted molar refractivity (Wildman–Crippen MR) is 88.4 cm³/mol. The molecule has 1 fully saturated rings. The molecule has 1 aromatic carbocycles. The van der Waals surface area contributed by atoms with E-state index < -0.39 is 11.8 Å². The fraction of sp³-hybridized carbons (Fsp3) is 0.467. The number of hydrogen-bond acceptors (Lipinski definition) is 3. The smallest absolute Gasteiger partial charge is 0.313 e. The van der Waals surface area contributed by atoms with E-state index in [1.807, 2.05) is 7.05 Å². The number of halogens is 2. The van der Waals surface area contributed by atoms with Gasteiger partial charge in [0.2, 0.25) is 0 Å². The van der Waals surface area contributed by atoms with Crippen LogP contribution in [0.1, 0.15) is 12.8 Å². The van der Waals surface area contributed by atoms with E-state index in [2.05, 4.69) is 10.2 Å². The minimum absolute atomic E-state index is 0.0873. The van der Waals surface area contributed by atoms with E-state index >= 15 is 0 Å². The van der Waals surface area contributed by atoms with Crippen molar-refractivity contribution in [1.29, 1.82) is 0 Å². The lowest BCUT2D eigenvalue weighted by Crippen LogP contribution is -2.47. The standard InChI is InChI=1S/C15H19Cl2N3O2/c1-19-8-6-10(7-9-19)20(2)15(22)14(21)18-12-5-3-4-11(16)13(12)17/h3-5,10H,6-9H2,1-2H3,(H,18,21). The average Bonchev–Trinajstić information content (AvgIpc) is 2.51. The van der Waals surface area contributed by atoms with Gasteiger partial charge in [-0.15, -0.1) is 0 Å². The number of hydrogen-bond donors (Lipinski definition) is 1. The van der Waals surface area contributed by atoms with Crippen LogP contribution in [0.4, 0.5) is 5.69 Å². The van der Waals surface area contributed by atoms with Crippen molar-refractivity contribution in [2.24, 2.45) is 0 Å². The zero-order chi connectivity index (χ0) is 16.3. The summed E-state index contributed by atoms with van der Waals surface area (Å²) in [6.45, 7) is 1.84. The highest BCUT2D eigenvalue weighted by molar-refractivity contribution is 6.45. The largest absolute Gasteiger partial charge is 0.334 e. The molecule has 0 unspecified atom stereocenters. The fourth-order valence-electron chi connectivity index (χ4n) is 2.48. The maximum atomic E-state index is 12.2. The Morgan fingerprint density at radius 1 is 1.27 bits per heavy atom. The van der Waals surface area contributed by atoms with Gasteiger partial charge in [-0.25, -0.2) is 0 Å². The molecule has 0 saturated carbocycles. The molecule has 0 atom stereocenters. The minimum Gasteiger partial charge on any atom is -0.334 e. The molecule has 2 rings (SSSR count). The molecule has 0 spiro atoms. The van der Waals surface area contributed by atoms with E-state index in [0.717, 1.165) is 25.9 Å². The number of carbonyl (C=O) groups is 2. The molecule has 5 nitrogen and oxygen atoms in total. The molecule has 1 saturated heterocycles. The number of anilines is 1. The second-order valence-electron chi connectivity index (χ2n) is 5.51. The molecular formula is C15H19Cl2N3O2. The minimum atomic E-state index is -0.703. The van der Waals surface area contributed by atoms with Crippen molar-refractivity contribution >= 4 is 40.7 Å². The number of benzene rings is 1. The molecule has 120 valence electrons. The summed E-state index contributed by atoms with van der Waals surface area (Å²) >= 11 is 11.9. The molecule has 1 N–H and O–H groups in total. The highest BCUT2D eigenvalue weighted by atomic mass is 35.5. The van der Waals surface area contributed by atoms with E-state index in [9.17, 15) is 9.59 Å². The Kier molecular flexibility index (Phi) is 5.67. The van der Waals surface area contributed by atoms with E-state index in [4.69, 9.17) is 23.2 Å². The van der Waals surface area contributed by atoms with Crippen LogP contribution < -0.4 is 5.32 Å². The molecule has 22 heavy (non-hydrogen) atoms. The Morgan fingerprint density at radius 3 is 2.55 bits per heavy atom. The van der Waals surface area contributed by atoms with Gasteiger partial charge in [-0.3, -0.25) is 9.59 Å². The molecule has 0 bridgehead atoms. The number of likely N-dealkylation sites (N-methyl/N-ethyl adjacent to an activating group) is 1. The number of amides is 2. The quantitative estimate of drug-likeness (QED) is 0.839. The number of likely N-dealkylation sites (tertiary alicyclic amines) is 1. The lowest BCUT2D eigenvalue weighted by Gasteiger charge is -2.34.